The Morgan fingerprint density at radius 1 is 1.26 bits per heavy atom. The first kappa shape index (κ1) is 21.7. The molecule has 1 atom stereocenters. The Morgan fingerprint density at radius 2 is 2.04 bits per heavy atom. The number of nitrogens with one attached hydrogen (secondary N) is 2. The molecule has 0 aliphatic carbocycles. The highest BCUT2D eigenvalue weighted by Crippen LogP contribution is 2.10. The van der Waals surface area contributed by atoms with Gasteiger partial charge in [0.2, 0.25) is 11.8 Å². The summed E-state index contributed by atoms with van der Waals surface area (Å²) in [4.78, 5) is 25.9. The van der Waals surface area contributed by atoms with Crippen molar-refractivity contribution in [2.45, 2.75) is 39.0 Å². The van der Waals surface area contributed by atoms with E-state index in [0.717, 1.165) is 19.6 Å². The smallest absolute Gasteiger partial charge is 0.230 e. The molecule has 27 heavy (non-hydrogen) atoms. The summed E-state index contributed by atoms with van der Waals surface area (Å²) >= 11 is 1.48. The fourth-order valence-electron chi connectivity index (χ4n) is 2.89. The van der Waals surface area contributed by atoms with Crippen LogP contribution in [0.25, 0.3) is 0 Å². The van der Waals surface area contributed by atoms with Crippen LogP contribution in [0.5, 0.6) is 0 Å². The minimum absolute atomic E-state index is 0.00643. The van der Waals surface area contributed by atoms with Crippen molar-refractivity contribution in [3.8, 4) is 0 Å². The maximum atomic E-state index is 12.0. The molecule has 2 rings (SSSR count). The second kappa shape index (κ2) is 12.0. The van der Waals surface area contributed by atoms with Gasteiger partial charge in [0, 0.05) is 44.4 Å². The maximum absolute atomic E-state index is 12.0. The van der Waals surface area contributed by atoms with Gasteiger partial charge in [-0.05, 0) is 19.4 Å². The topological polar surface area (TPSA) is 70.7 Å². The van der Waals surface area contributed by atoms with E-state index in [1.807, 2.05) is 19.9 Å². The zero-order valence-corrected chi connectivity index (χ0v) is 17.1. The molecule has 0 saturated carbocycles. The number of ether oxygens (including phenoxy) is 1. The zero-order chi connectivity index (χ0) is 19.5. The zero-order valence-electron chi connectivity index (χ0n) is 16.3. The van der Waals surface area contributed by atoms with Crippen LogP contribution in [0.4, 0.5) is 0 Å². The Kier molecular flexibility index (Phi) is 9.66. The molecule has 1 aliphatic rings. The molecule has 1 aromatic carbocycles. The van der Waals surface area contributed by atoms with Crippen molar-refractivity contribution in [2.24, 2.45) is 0 Å². The summed E-state index contributed by atoms with van der Waals surface area (Å²) in [5, 5.41) is 5.79. The summed E-state index contributed by atoms with van der Waals surface area (Å²) in [5.41, 5.74) is 1.29. The van der Waals surface area contributed by atoms with Crippen molar-refractivity contribution in [1.29, 1.82) is 0 Å². The van der Waals surface area contributed by atoms with Crippen LogP contribution in [0.1, 0.15) is 25.8 Å². The van der Waals surface area contributed by atoms with Crippen LogP contribution in [0.2, 0.25) is 0 Å². The van der Waals surface area contributed by atoms with Gasteiger partial charge in [-0.15, -0.1) is 0 Å². The van der Waals surface area contributed by atoms with Gasteiger partial charge in [-0.2, -0.15) is 11.8 Å². The van der Waals surface area contributed by atoms with E-state index in [1.54, 1.807) is 0 Å². The number of carbonyl (C=O) groups excluding carboxylic acids is 2. The average Bonchev–Trinajstić information content (AvgIpc) is 2.64. The standard InChI is InChI=1S/C20H31N3O3S/c1-16(2)22-19(24)8-11-27-15-20(25)21-12-18-14-23(9-10-26-18)13-17-6-4-3-5-7-17/h3-7,16,18H,8-15H2,1-2H3,(H,21,25)(H,22,24). The molecule has 1 unspecified atom stereocenters. The molecule has 0 radical (unpaired) electrons. The van der Waals surface area contributed by atoms with Crippen molar-refractivity contribution in [3.05, 3.63) is 35.9 Å². The van der Waals surface area contributed by atoms with Gasteiger partial charge in [0.15, 0.2) is 0 Å². The number of nitrogens with zero attached hydrogens (tertiary/aromatic N) is 1. The van der Waals surface area contributed by atoms with Gasteiger partial charge in [-0.25, -0.2) is 0 Å². The lowest BCUT2D eigenvalue weighted by Crippen LogP contribution is -2.47. The molecule has 0 spiro atoms. The molecule has 1 heterocycles. The molecule has 1 aliphatic heterocycles. The van der Waals surface area contributed by atoms with E-state index in [0.29, 0.717) is 31.1 Å². The third kappa shape index (κ3) is 9.26. The summed E-state index contributed by atoms with van der Waals surface area (Å²) in [5.74, 6) is 1.05. The van der Waals surface area contributed by atoms with Gasteiger partial charge in [0.05, 0.1) is 18.5 Å². The Bertz CT molecular complexity index is 583. The third-order valence-corrected chi connectivity index (χ3v) is 5.11. The van der Waals surface area contributed by atoms with Gasteiger partial charge >= 0.3 is 0 Å². The lowest BCUT2D eigenvalue weighted by molar-refractivity contribution is -0.121. The van der Waals surface area contributed by atoms with Crippen molar-refractivity contribution >= 4 is 23.6 Å². The van der Waals surface area contributed by atoms with Gasteiger partial charge in [-0.3, -0.25) is 14.5 Å². The van der Waals surface area contributed by atoms with Gasteiger partial charge in [0.25, 0.3) is 0 Å². The predicted molar refractivity (Wildman–Crippen MR) is 110 cm³/mol. The maximum Gasteiger partial charge on any atom is 0.230 e. The molecule has 0 bridgehead atoms. The van der Waals surface area contributed by atoms with Crippen molar-refractivity contribution in [2.75, 3.05) is 37.7 Å². The first-order valence-corrected chi connectivity index (χ1v) is 10.7. The van der Waals surface area contributed by atoms with Crippen LogP contribution in [0, 0.1) is 0 Å². The summed E-state index contributed by atoms with van der Waals surface area (Å²) in [6.07, 6.45) is 0.462. The first-order chi connectivity index (χ1) is 13.0. The normalized spacial score (nSPS) is 17.7. The molecule has 2 N–H and O–H groups in total. The summed E-state index contributed by atoms with van der Waals surface area (Å²) < 4.78 is 5.77. The van der Waals surface area contributed by atoms with Crippen molar-refractivity contribution in [3.63, 3.8) is 0 Å². The number of thioether (sulfide) groups is 1. The molecule has 1 saturated heterocycles. The number of morpholine rings is 1. The van der Waals surface area contributed by atoms with E-state index in [-0.39, 0.29) is 24.0 Å². The molecule has 0 aromatic heterocycles. The summed E-state index contributed by atoms with van der Waals surface area (Å²) in [7, 11) is 0. The largest absolute Gasteiger partial charge is 0.374 e. The molecular weight excluding hydrogens is 362 g/mol. The molecule has 1 fully saturated rings. The van der Waals surface area contributed by atoms with E-state index in [2.05, 4.69) is 39.8 Å². The fourth-order valence-corrected chi connectivity index (χ4v) is 3.65. The highest BCUT2D eigenvalue weighted by molar-refractivity contribution is 7.99. The van der Waals surface area contributed by atoms with Crippen LogP contribution >= 0.6 is 11.8 Å². The first-order valence-electron chi connectivity index (χ1n) is 9.54. The van der Waals surface area contributed by atoms with Crippen LogP contribution < -0.4 is 10.6 Å². The molecule has 2 amide bonds. The van der Waals surface area contributed by atoms with E-state index in [9.17, 15) is 9.59 Å². The highest BCUT2D eigenvalue weighted by atomic mass is 32.2. The lowest BCUT2D eigenvalue weighted by Gasteiger charge is -2.33. The number of hydrogen-bond acceptors (Lipinski definition) is 5. The predicted octanol–water partition coefficient (Wildman–Crippen LogP) is 1.65. The van der Waals surface area contributed by atoms with Gasteiger partial charge < -0.3 is 15.4 Å². The highest BCUT2D eigenvalue weighted by Gasteiger charge is 2.21. The SMILES string of the molecule is CC(C)NC(=O)CCSCC(=O)NCC1CN(Cc2ccccc2)CCO1. The lowest BCUT2D eigenvalue weighted by atomic mass is 10.2. The molecule has 150 valence electrons. The second-order valence-electron chi connectivity index (χ2n) is 7.04. The average molecular weight is 394 g/mol. The Hall–Kier alpha value is -1.57. The third-order valence-electron chi connectivity index (χ3n) is 4.16. The minimum atomic E-state index is -0.00643. The fraction of sp³-hybridized carbons (Fsp3) is 0.600. The monoisotopic (exact) mass is 393 g/mol. The van der Waals surface area contributed by atoms with Crippen LogP contribution in [-0.4, -0.2) is 66.6 Å². The molecular formula is C20H31N3O3S. The van der Waals surface area contributed by atoms with Crippen LogP contribution in [-0.2, 0) is 20.9 Å². The minimum Gasteiger partial charge on any atom is -0.374 e. The van der Waals surface area contributed by atoms with Crippen LogP contribution in [0.3, 0.4) is 0 Å². The molecule has 1 aromatic rings. The van der Waals surface area contributed by atoms with E-state index < -0.39 is 0 Å². The van der Waals surface area contributed by atoms with E-state index >= 15 is 0 Å². The molecule has 7 heteroatoms. The van der Waals surface area contributed by atoms with Crippen molar-refractivity contribution < 1.29 is 14.3 Å². The Labute approximate surface area is 166 Å². The van der Waals surface area contributed by atoms with Crippen LogP contribution in [0.15, 0.2) is 30.3 Å². The second-order valence-corrected chi connectivity index (χ2v) is 8.15. The number of rotatable bonds is 10. The van der Waals surface area contributed by atoms with E-state index in [1.165, 1.54) is 17.3 Å². The quantitative estimate of drug-likeness (QED) is 0.592. The number of carbonyl (C=O) groups is 2. The summed E-state index contributed by atoms with van der Waals surface area (Å²) in [6, 6.07) is 10.5. The number of benzene rings is 1. The Balaban J connectivity index is 1.58. The van der Waals surface area contributed by atoms with Gasteiger partial charge in [-0.1, -0.05) is 30.3 Å². The number of amides is 2. The summed E-state index contributed by atoms with van der Waals surface area (Å²) in [6.45, 7) is 7.72. The van der Waals surface area contributed by atoms with Gasteiger partial charge in [0.1, 0.15) is 0 Å². The number of hydrogen-bond donors (Lipinski definition) is 2. The molecule has 6 nitrogen and oxygen atoms in total. The van der Waals surface area contributed by atoms with E-state index in [4.69, 9.17) is 4.74 Å². The Morgan fingerprint density at radius 3 is 2.78 bits per heavy atom. The van der Waals surface area contributed by atoms with Crippen molar-refractivity contribution in [1.82, 2.24) is 15.5 Å².